The minimum Gasteiger partial charge on any atom is -0.301 e. The second-order valence-corrected chi connectivity index (χ2v) is 6.54. The Morgan fingerprint density at radius 3 is 2.28 bits per heavy atom. The summed E-state index contributed by atoms with van der Waals surface area (Å²) in [6.07, 6.45) is 5.81. The van der Waals surface area contributed by atoms with Crippen molar-refractivity contribution in [1.82, 2.24) is 10.2 Å². The summed E-state index contributed by atoms with van der Waals surface area (Å²) in [6.45, 7) is 6.07. The van der Waals surface area contributed by atoms with Gasteiger partial charge in [-0.2, -0.15) is 0 Å². The lowest BCUT2D eigenvalue weighted by molar-refractivity contribution is -0.142. The molecule has 2 aliphatic rings. The number of imide groups is 1. The fraction of sp³-hybridized carbons (Fsp3) is 0.857. The van der Waals surface area contributed by atoms with E-state index in [1.165, 1.54) is 6.42 Å². The minimum atomic E-state index is -0.320. The van der Waals surface area contributed by atoms with Crippen molar-refractivity contribution in [3.8, 4) is 0 Å². The monoisotopic (exact) mass is 252 g/mol. The Kier molecular flexibility index (Phi) is 3.76. The van der Waals surface area contributed by atoms with E-state index in [9.17, 15) is 9.59 Å². The molecular formula is C14H24N2O2. The van der Waals surface area contributed by atoms with Gasteiger partial charge in [-0.3, -0.25) is 14.5 Å². The lowest BCUT2D eigenvalue weighted by Crippen LogP contribution is -2.49. The molecule has 18 heavy (non-hydrogen) atoms. The first kappa shape index (κ1) is 13.5. The van der Waals surface area contributed by atoms with Gasteiger partial charge < -0.3 is 5.32 Å². The standard InChI is InChI=1S/C14H24N2O2/c1-14(2,3)15-11-9-12(17)16(13(11)18)10-7-5-4-6-8-10/h10-11,15H,4-9H2,1-3H3. The Morgan fingerprint density at radius 2 is 1.72 bits per heavy atom. The highest BCUT2D eigenvalue weighted by Crippen LogP contribution is 2.27. The molecule has 1 heterocycles. The summed E-state index contributed by atoms with van der Waals surface area (Å²) in [5, 5.41) is 3.26. The molecule has 1 N–H and O–H groups in total. The molecule has 0 aromatic carbocycles. The second kappa shape index (κ2) is 5.00. The van der Waals surface area contributed by atoms with Crippen LogP contribution in [0, 0.1) is 0 Å². The van der Waals surface area contributed by atoms with Crippen LogP contribution in [0.15, 0.2) is 0 Å². The third kappa shape index (κ3) is 2.91. The highest BCUT2D eigenvalue weighted by Gasteiger charge is 2.43. The van der Waals surface area contributed by atoms with Gasteiger partial charge >= 0.3 is 0 Å². The first-order valence-electron chi connectivity index (χ1n) is 7.02. The van der Waals surface area contributed by atoms with Gasteiger partial charge in [-0.05, 0) is 33.6 Å². The Morgan fingerprint density at radius 1 is 1.11 bits per heavy atom. The Labute approximate surface area is 109 Å². The van der Waals surface area contributed by atoms with Gasteiger partial charge in [0.05, 0.1) is 12.5 Å². The van der Waals surface area contributed by atoms with E-state index in [0.717, 1.165) is 25.7 Å². The summed E-state index contributed by atoms with van der Waals surface area (Å²) < 4.78 is 0. The summed E-state index contributed by atoms with van der Waals surface area (Å²) in [7, 11) is 0. The molecular weight excluding hydrogens is 228 g/mol. The van der Waals surface area contributed by atoms with Crippen LogP contribution in [0.3, 0.4) is 0 Å². The van der Waals surface area contributed by atoms with Gasteiger partial charge in [-0.1, -0.05) is 19.3 Å². The highest BCUT2D eigenvalue weighted by atomic mass is 16.2. The Bertz CT molecular complexity index is 340. The van der Waals surface area contributed by atoms with Crippen LogP contribution in [0.1, 0.15) is 59.3 Å². The second-order valence-electron chi connectivity index (χ2n) is 6.54. The number of hydrogen-bond acceptors (Lipinski definition) is 3. The van der Waals surface area contributed by atoms with Crippen molar-refractivity contribution in [2.75, 3.05) is 0 Å². The molecule has 0 bridgehead atoms. The third-order valence-electron chi connectivity index (χ3n) is 3.73. The Balaban J connectivity index is 2.04. The van der Waals surface area contributed by atoms with E-state index in [-0.39, 0.29) is 29.4 Å². The van der Waals surface area contributed by atoms with E-state index in [2.05, 4.69) is 5.32 Å². The van der Waals surface area contributed by atoms with Crippen molar-refractivity contribution in [2.24, 2.45) is 0 Å². The van der Waals surface area contributed by atoms with Crippen LogP contribution >= 0.6 is 0 Å². The van der Waals surface area contributed by atoms with Crippen molar-refractivity contribution in [1.29, 1.82) is 0 Å². The normalized spacial score (nSPS) is 27.1. The molecule has 102 valence electrons. The molecule has 2 rings (SSSR count). The summed E-state index contributed by atoms with van der Waals surface area (Å²) >= 11 is 0. The van der Waals surface area contributed by atoms with Gasteiger partial charge in [-0.15, -0.1) is 0 Å². The largest absolute Gasteiger partial charge is 0.301 e. The summed E-state index contributed by atoms with van der Waals surface area (Å²) in [4.78, 5) is 25.9. The average molecular weight is 252 g/mol. The van der Waals surface area contributed by atoms with Crippen LogP contribution in [-0.2, 0) is 9.59 Å². The van der Waals surface area contributed by atoms with Crippen LogP contribution in [-0.4, -0.2) is 34.3 Å². The van der Waals surface area contributed by atoms with E-state index in [4.69, 9.17) is 0 Å². The molecule has 1 aliphatic carbocycles. The molecule has 0 aromatic rings. The molecule has 1 aliphatic heterocycles. The number of carbonyl (C=O) groups is 2. The van der Waals surface area contributed by atoms with Crippen LogP contribution in [0.2, 0.25) is 0 Å². The van der Waals surface area contributed by atoms with Crippen molar-refractivity contribution in [3.05, 3.63) is 0 Å². The average Bonchev–Trinajstić information content (AvgIpc) is 2.53. The van der Waals surface area contributed by atoms with Crippen molar-refractivity contribution in [2.45, 2.75) is 76.9 Å². The topological polar surface area (TPSA) is 49.4 Å². The fourth-order valence-electron chi connectivity index (χ4n) is 3.01. The summed E-state index contributed by atoms with van der Waals surface area (Å²) in [5.41, 5.74) is -0.136. The zero-order valence-electron chi connectivity index (χ0n) is 11.7. The van der Waals surface area contributed by atoms with Crippen molar-refractivity contribution >= 4 is 11.8 Å². The van der Waals surface area contributed by atoms with E-state index >= 15 is 0 Å². The van der Waals surface area contributed by atoms with Crippen molar-refractivity contribution in [3.63, 3.8) is 0 Å². The quantitative estimate of drug-likeness (QED) is 0.763. The third-order valence-corrected chi connectivity index (χ3v) is 3.73. The van der Waals surface area contributed by atoms with Crippen molar-refractivity contribution < 1.29 is 9.59 Å². The number of likely N-dealkylation sites (tertiary alicyclic amines) is 1. The van der Waals surface area contributed by atoms with E-state index < -0.39 is 0 Å². The van der Waals surface area contributed by atoms with Gasteiger partial charge in [0.2, 0.25) is 11.8 Å². The van der Waals surface area contributed by atoms with Gasteiger partial charge in [0.15, 0.2) is 0 Å². The number of nitrogens with one attached hydrogen (secondary N) is 1. The van der Waals surface area contributed by atoms with Gasteiger partial charge in [0, 0.05) is 11.6 Å². The predicted molar refractivity (Wildman–Crippen MR) is 70.0 cm³/mol. The minimum absolute atomic E-state index is 0.00801. The SMILES string of the molecule is CC(C)(C)NC1CC(=O)N(C2CCCCC2)C1=O. The van der Waals surface area contributed by atoms with E-state index in [1.807, 2.05) is 20.8 Å². The predicted octanol–water partition coefficient (Wildman–Crippen LogP) is 1.83. The molecule has 0 spiro atoms. The van der Waals surface area contributed by atoms with E-state index in [0.29, 0.717) is 6.42 Å². The number of amides is 2. The number of rotatable bonds is 2. The maximum absolute atomic E-state index is 12.3. The fourth-order valence-corrected chi connectivity index (χ4v) is 3.01. The lowest BCUT2D eigenvalue weighted by atomic mass is 9.94. The van der Waals surface area contributed by atoms with Gasteiger partial charge in [0.25, 0.3) is 0 Å². The molecule has 0 aromatic heterocycles. The first-order valence-corrected chi connectivity index (χ1v) is 7.02. The summed E-state index contributed by atoms with van der Waals surface area (Å²) in [5.74, 6) is -0.00419. The summed E-state index contributed by atoms with van der Waals surface area (Å²) in [6, 6.07) is -0.162. The first-order chi connectivity index (χ1) is 8.38. The van der Waals surface area contributed by atoms with Crippen LogP contribution in [0.25, 0.3) is 0 Å². The lowest BCUT2D eigenvalue weighted by Gasteiger charge is -2.30. The van der Waals surface area contributed by atoms with Crippen LogP contribution in [0.5, 0.6) is 0 Å². The zero-order valence-corrected chi connectivity index (χ0v) is 11.7. The molecule has 4 heteroatoms. The maximum atomic E-state index is 12.3. The Hall–Kier alpha value is -0.900. The number of nitrogens with zero attached hydrogens (tertiary/aromatic N) is 1. The molecule has 1 saturated carbocycles. The van der Waals surface area contributed by atoms with E-state index in [1.54, 1.807) is 4.90 Å². The van der Waals surface area contributed by atoms with Gasteiger partial charge in [-0.25, -0.2) is 0 Å². The smallest absolute Gasteiger partial charge is 0.247 e. The number of hydrogen-bond donors (Lipinski definition) is 1. The number of carbonyl (C=O) groups excluding carboxylic acids is 2. The maximum Gasteiger partial charge on any atom is 0.247 e. The molecule has 2 amide bonds. The van der Waals surface area contributed by atoms with Crippen LogP contribution < -0.4 is 5.32 Å². The molecule has 2 fully saturated rings. The highest BCUT2D eigenvalue weighted by molar-refractivity contribution is 6.05. The molecule has 1 atom stereocenters. The molecule has 4 nitrogen and oxygen atoms in total. The van der Waals surface area contributed by atoms with Crippen LogP contribution in [0.4, 0.5) is 0 Å². The van der Waals surface area contributed by atoms with Gasteiger partial charge in [0.1, 0.15) is 0 Å². The molecule has 1 saturated heterocycles. The molecule has 1 unspecified atom stereocenters. The zero-order chi connectivity index (χ0) is 13.3. The molecule has 0 radical (unpaired) electrons.